The Hall–Kier alpha value is -0.560. The molecule has 0 heterocycles. The summed E-state index contributed by atoms with van der Waals surface area (Å²) in [5, 5.41) is 3.06. The van der Waals surface area contributed by atoms with Crippen LogP contribution in [0.25, 0.3) is 0 Å². The molecule has 0 aromatic heterocycles. The maximum Gasteiger partial charge on any atom is 0.240 e. The van der Waals surface area contributed by atoms with Gasteiger partial charge < -0.3 is 5.32 Å². The van der Waals surface area contributed by atoms with Gasteiger partial charge in [0.2, 0.25) is 10.0 Å². The van der Waals surface area contributed by atoms with E-state index in [-0.39, 0.29) is 0 Å². The Labute approximate surface area is 114 Å². The molecule has 0 spiro atoms. The normalized spacial score (nSPS) is 11.7. The molecule has 1 aromatic carbocycles. The molecule has 0 saturated heterocycles. The molecule has 1 rings (SSSR count). The van der Waals surface area contributed by atoms with Gasteiger partial charge in [-0.3, -0.25) is 0 Å². The molecule has 0 atom stereocenters. The van der Waals surface area contributed by atoms with Crippen molar-refractivity contribution in [1.82, 2.24) is 10.0 Å². The summed E-state index contributed by atoms with van der Waals surface area (Å²) in [5.41, 5.74) is 1.13. The monoisotopic (exact) mass is 288 g/mol. The third kappa shape index (κ3) is 4.97. The number of thioether (sulfide) groups is 1. The molecule has 0 aliphatic rings. The standard InChI is InChI=1S/C12H20N2O2S2/c1-13-8-7-11-3-5-12(6-4-11)18(15,16)14-9-10-17-2/h3-6,13-14H,7-10H2,1-2H3. The molecule has 0 bridgehead atoms. The Morgan fingerprint density at radius 2 is 1.83 bits per heavy atom. The van der Waals surface area contributed by atoms with Crippen LogP contribution in [0.2, 0.25) is 0 Å². The van der Waals surface area contributed by atoms with Crippen LogP contribution in [0.1, 0.15) is 5.56 Å². The lowest BCUT2D eigenvalue weighted by Gasteiger charge is -2.07. The van der Waals surface area contributed by atoms with Crippen molar-refractivity contribution in [2.75, 3.05) is 32.1 Å². The van der Waals surface area contributed by atoms with E-state index in [9.17, 15) is 8.42 Å². The summed E-state index contributed by atoms with van der Waals surface area (Å²) in [6.07, 6.45) is 2.85. The SMILES string of the molecule is CNCCc1ccc(S(=O)(=O)NCCSC)cc1. The minimum absolute atomic E-state index is 0.330. The highest BCUT2D eigenvalue weighted by molar-refractivity contribution is 7.98. The van der Waals surface area contributed by atoms with E-state index in [1.807, 2.05) is 25.4 Å². The van der Waals surface area contributed by atoms with Crippen molar-refractivity contribution in [2.24, 2.45) is 0 Å². The Balaban J connectivity index is 2.65. The van der Waals surface area contributed by atoms with E-state index in [0.29, 0.717) is 11.4 Å². The number of hydrogen-bond donors (Lipinski definition) is 2. The van der Waals surface area contributed by atoms with Gasteiger partial charge in [-0.15, -0.1) is 0 Å². The van der Waals surface area contributed by atoms with Crippen LogP contribution in [-0.4, -0.2) is 40.6 Å². The first-order valence-corrected chi connectivity index (χ1v) is 8.70. The van der Waals surface area contributed by atoms with Crippen LogP contribution < -0.4 is 10.0 Å². The molecule has 0 saturated carbocycles. The van der Waals surface area contributed by atoms with E-state index in [0.717, 1.165) is 24.3 Å². The van der Waals surface area contributed by atoms with Crippen molar-refractivity contribution in [2.45, 2.75) is 11.3 Å². The molecule has 0 fully saturated rings. The summed E-state index contributed by atoms with van der Waals surface area (Å²) in [7, 11) is -1.45. The predicted molar refractivity (Wildman–Crippen MR) is 77.6 cm³/mol. The van der Waals surface area contributed by atoms with Gasteiger partial charge in [0.15, 0.2) is 0 Å². The molecule has 4 nitrogen and oxygen atoms in total. The Morgan fingerprint density at radius 3 is 2.39 bits per heavy atom. The fourth-order valence-corrected chi connectivity index (χ4v) is 2.93. The highest BCUT2D eigenvalue weighted by Crippen LogP contribution is 2.10. The number of rotatable bonds is 8. The highest BCUT2D eigenvalue weighted by Gasteiger charge is 2.12. The van der Waals surface area contributed by atoms with E-state index in [4.69, 9.17) is 0 Å². The van der Waals surface area contributed by atoms with Crippen LogP contribution in [-0.2, 0) is 16.4 Å². The summed E-state index contributed by atoms with van der Waals surface area (Å²) in [4.78, 5) is 0.330. The van der Waals surface area contributed by atoms with Crippen molar-refractivity contribution in [3.63, 3.8) is 0 Å². The van der Waals surface area contributed by atoms with Crippen LogP contribution in [0.4, 0.5) is 0 Å². The summed E-state index contributed by atoms with van der Waals surface area (Å²) in [5.74, 6) is 0.777. The van der Waals surface area contributed by atoms with E-state index in [2.05, 4.69) is 10.0 Å². The van der Waals surface area contributed by atoms with Gasteiger partial charge in [0.25, 0.3) is 0 Å². The topological polar surface area (TPSA) is 58.2 Å². The van der Waals surface area contributed by atoms with Gasteiger partial charge in [0.1, 0.15) is 0 Å². The van der Waals surface area contributed by atoms with Gasteiger partial charge >= 0.3 is 0 Å². The van der Waals surface area contributed by atoms with E-state index < -0.39 is 10.0 Å². The average Bonchev–Trinajstić information content (AvgIpc) is 2.37. The van der Waals surface area contributed by atoms with Crippen LogP contribution in [0.3, 0.4) is 0 Å². The molecule has 18 heavy (non-hydrogen) atoms. The molecule has 102 valence electrons. The van der Waals surface area contributed by atoms with Gasteiger partial charge in [0, 0.05) is 12.3 Å². The van der Waals surface area contributed by atoms with Gasteiger partial charge in [-0.05, 0) is 44.0 Å². The fourth-order valence-electron chi connectivity index (χ4n) is 1.47. The van der Waals surface area contributed by atoms with Crippen LogP contribution in [0.15, 0.2) is 29.2 Å². The summed E-state index contributed by atoms with van der Waals surface area (Å²) in [6.45, 7) is 1.35. The van der Waals surface area contributed by atoms with Gasteiger partial charge in [-0.2, -0.15) is 11.8 Å². The van der Waals surface area contributed by atoms with E-state index >= 15 is 0 Å². The highest BCUT2D eigenvalue weighted by atomic mass is 32.2. The lowest BCUT2D eigenvalue weighted by Crippen LogP contribution is -2.26. The maximum atomic E-state index is 11.9. The zero-order chi connectivity index (χ0) is 13.4. The van der Waals surface area contributed by atoms with Crippen molar-refractivity contribution in [1.29, 1.82) is 0 Å². The number of hydrogen-bond acceptors (Lipinski definition) is 4. The molecule has 6 heteroatoms. The van der Waals surface area contributed by atoms with Gasteiger partial charge in [-0.25, -0.2) is 13.1 Å². The first-order chi connectivity index (χ1) is 8.60. The van der Waals surface area contributed by atoms with E-state index in [1.54, 1.807) is 23.9 Å². The van der Waals surface area contributed by atoms with Crippen LogP contribution in [0, 0.1) is 0 Å². The van der Waals surface area contributed by atoms with Gasteiger partial charge in [0.05, 0.1) is 4.90 Å². The predicted octanol–water partition coefficient (Wildman–Crippen LogP) is 1.09. The lowest BCUT2D eigenvalue weighted by atomic mass is 10.1. The smallest absolute Gasteiger partial charge is 0.240 e. The molecule has 0 amide bonds. The maximum absolute atomic E-state index is 11.9. The number of likely N-dealkylation sites (N-methyl/N-ethyl adjacent to an activating group) is 1. The van der Waals surface area contributed by atoms with Crippen LogP contribution in [0.5, 0.6) is 0 Å². The number of nitrogens with one attached hydrogen (secondary N) is 2. The van der Waals surface area contributed by atoms with Gasteiger partial charge in [-0.1, -0.05) is 12.1 Å². The summed E-state index contributed by atoms with van der Waals surface area (Å²) in [6, 6.07) is 7.04. The molecule has 2 N–H and O–H groups in total. The average molecular weight is 288 g/mol. The quantitative estimate of drug-likeness (QED) is 0.703. The number of benzene rings is 1. The Kier molecular flexibility index (Phi) is 6.70. The Morgan fingerprint density at radius 1 is 1.17 bits per heavy atom. The lowest BCUT2D eigenvalue weighted by molar-refractivity contribution is 0.584. The molecule has 0 aliphatic heterocycles. The molecule has 1 aromatic rings. The molecular weight excluding hydrogens is 268 g/mol. The first-order valence-electron chi connectivity index (χ1n) is 5.82. The molecule has 0 radical (unpaired) electrons. The number of sulfonamides is 1. The minimum Gasteiger partial charge on any atom is -0.319 e. The van der Waals surface area contributed by atoms with E-state index in [1.165, 1.54) is 0 Å². The van der Waals surface area contributed by atoms with Crippen molar-refractivity contribution >= 4 is 21.8 Å². The van der Waals surface area contributed by atoms with Crippen LogP contribution >= 0.6 is 11.8 Å². The van der Waals surface area contributed by atoms with Crippen molar-refractivity contribution in [3.05, 3.63) is 29.8 Å². The fraction of sp³-hybridized carbons (Fsp3) is 0.500. The van der Waals surface area contributed by atoms with Crippen molar-refractivity contribution < 1.29 is 8.42 Å². The third-order valence-corrected chi connectivity index (χ3v) is 4.58. The van der Waals surface area contributed by atoms with Crippen molar-refractivity contribution in [3.8, 4) is 0 Å². The first kappa shape index (κ1) is 15.5. The molecule has 0 unspecified atom stereocenters. The summed E-state index contributed by atoms with van der Waals surface area (Å²) < 4.78 is 26.4. The molecular formula is C12H20N2O2S2. The largest absolute Gasteiger partial charge is 0.319 e. The summed E-state index contributed by atoms with van der Waals surface area (Å²) >= 11 is 1.62. The zero-order valence-electron chi connectivity index (χ0n) is 10.8. The second-order valence-electron chi connectivity index (χ2n) is 3.89. The zero-order valence-corrected chi connectivity index (χ0v) is 12.4. The minimum atomic E-state index is -3.35. The second kappa shape index (κ2) is 7.78. The Bertz CT molecular complexity index is 444. The third-order valence-electron chi connectivity index (χ3n) is 2.50. The second-order valence-corrected chi connectivity index (χ2v) is 6.64. The molecule has 0 aliphatic carbocycles.